The molecule has 0 amide bonds. The summed E-state index contributed by atoms with van der Waals surface area (Å²) in [5.41, 5.74) is 4.39. The number of hydrogen-bond acceptors (Lipinski definition) is 3. The van der Waals surface area contributed by atoms with E-state index in [9.17, 15) is 0 Å². The van der Waals surface area contributed by atoms with Crippen LogP contribution in [0.2, 0.25) is 0 Å². The minimum atomic E-state index is 0.757. The average molecular weight is 300 g/mol. The highest BCUT2D eigenvalue weighted by molar-refractivity contribution is 5.93. The molecule has 0 aliphatic heterocycles. The third-order valence-corrected chi connectivity index (χ3v) is 3.84. The third kappa shape index (κ3) is 2.79. The van der Waals surface area contributed by atoms with Gasteiger partial charge in [0, 0.05) is 36.1 Å². The van der Waals surface area contributed by atoms with E-state index in [0.29, 0.717) is 0 Å². The summed E-state index contributed by atoms with van der Waals surface area (Å²) in [5, 5.41) is 4.49. The first-order valence-corrected chi connectivity index (χ1v) is 7.56. The second-order valence-corrected chi connectivity index (χ2v) is 5.37. The number of nitrogens with one attached hydrogen (secondary N) is 2. The van der Waals surface area contributed by atoms with Crippen molar-refractivity contribution in [2.24, 2.45) is 0 Å². The van der Waals surface area contributed by atoms with Crippen molar-refractivity contribution in [3.8, 4) is 11.1 Å². The second-order valence-electron chi connectivity index (χ2n) is 5.37. The molecule has 0 unspecified atom stereocenters. The normalized spacial score (nSPS) is 10.8. The van der Waals surface area contributed by atoms with E-state index in [1.165, 1.54) is 5.56 Å². The topological polar surface area (TPSA) is 53.6 Å². The molecular weight excluding hydrogens is 284 g/mol. The molecule has 23 heavy (non-hydrogen) atoms. The van der Waals surface area contributed by atoms with E-state index >= 15 is 0 Å². The van der Waals surface area contributed by atoms with Gasteiger partial charge >= 0.3 is 0 Å². The Bertz CT molecular complexity index is 928. The van der Waals surface area contributed by atoms with Crippen molar-refractivity contribution in [3.05, 3.63) is 78.8 Å². The maximum Gasteiger partial charge on any atom is 0.137 e. The van der Waals surface area contributed by atoms with Crippen molar-refractivity contribution in [2.45, 2.75) is 6.54 Å². The van der Waals surface area contributed by atoms with Gasteiger partial charge in [-0.1, -0.05) is 30.3 Å². The van der Waals surface area contributed by atoms with Gasteiger partial charge in [0.1, 0.15) is 11.5 Å². The highest BCUT2D eigenvalue weighted by Crippen LogP contribution is 2.28. The number of pyridine rings is 2. The molecule has 0 aliphatic carbocycles. The van der Waals surface area contributed by atoms with E-state index in [4.69, 9.17) is 0 Å². The van der Waals surface area contributed by atoms with Gasteiger partial charge in [0.15, 0.2) is 0 Å². The molecule has 112 valence electrons. The van der Waals surface area contributed by atoms with Crippen molar-refractivity contribution in [2.75, 3.05) is 5.32 Å². The molecule has 4 heteroatoms. The Morgan fingerprint density at radius 1 is 0.913 bits per heavy atom. The lowest BCUT2D eigenvalue weighted by Gasteiger charge is -2.07. The van der Waals surface area contributed by atoms with Crippen LogP contribution in [0.15, 0.2) is 73.2 Å². The zero-order valence-electron chi connectivity index (χ0n) is 12.5. The largest absolute Gasteiger partial charge is 0.366 e. The summed E-state index contributed by atoms with van der Waals surface area (Å²) >= 11 is 0. The van der Waals surface area contributed by atoms with E-state index in [0.717, 1.165) is 34.5 Å². The molecule has 0 aliphatic rings. The van der Waals surface area contributed by atoms with Crippen LogP contribution >= 0.6 is 0 Å². The standard InChI is InChI=1S/C19H16N4/c1-2-5-14(6-3-1)12-22-18-11-15(8-10-20-18)17-13-23-19-16(17)7-4-9-21-19/h1-11,13H,12H2,(H,20,22)(H,21,23). The highest BCUT2D eigenvalue weighted by Gasteiger charge is 2.07. The van der Waals surface area contributed by atoms with Gasteiger partial charge in [0.2, 0.25) is 0 Å². The molecule has 0 fully saturated rings. The van der Waals surface area contributed by atoms with E-state index < -0.39 is 0 Å². The third-order valence-electron chi connectivity index (χ3n) is 3.84. The SMILES string of the molecule is c1ccc(CNc2cc(-c3c[nH]c4ncccc34)ccn2)cc1. The monoisotopic (exact) mass is 300 g/mol. The van der Waals surface area contributed by atoms with Crippen LogP contribution in [0.5, 0.6) is 0 Å². The number of fused-ring (bicyclic) bond motifs is 1. The predicted molar refractivity (Wildman–Crippen MR) is 93.1 cm³/mol. The smallest absolute Gasteiger partial charge is 0.137 e. The second kappa shape index (κ2) is 5.93. The highest BCUT2D eigenvalue weighted by atomic mass is 15.0. The van der Waals surface area contributed by atoms with Crippen LogP contribution in [0.25, 0.3) is 22.2 Å². The Labute approximate surface area is 134 Å². The van der Waals surface area contributed by atoms with E-state index in [1.807, 2.05) is 42.7 Å². The van der Waals surface area contributed by atoms with Gasteiger partial charge in [-0.15, -0.1) is 0 Å². The van der Waals surface area contributed by atoms with E-state index in [-0.39, 0.29) is 0 Å². The molecule has 0 atom stereocenters. The number of aromatic amines is 1. The first-order chi connectivity index (χ1) is 11.4. The van der Waals surface area contributed by atoms with Gasteiger partial charge in [0.25, 0.3) is 0 Å². The molecule has 0 saturated heterocycles. The molecule has 3 aromatic heterocycles. The van der Waals surface area contributed by atoms with Crippen molar-refractivity contribution in [1.29, 1.82) is 0 Å². The van der Waals surface area contributed by atoms with Gasteiger partial charge in [-0.3, -0.25) is 0 Å². The number of benzene rings is 1. The Kier molecular flexibility index (Phi) is 3.48. The quantitative estimate of drug-likeness (QED) is 0.593. The summed E-state index contributed by atoms with van der Waals surface area (Å²) in [6, 6.07) is 18.4. The molecule has 4 nitrogen and oxygen atoms in total. The van der Waals surface area contributed by atoms with Gasteiger partial charge in [0.05, 0.1) is 0 Å². The first-order valence-electron chi connectivity index (χ1n) is 7.56. The molecule has 0 spiro atoms. The first kappa shape index (κ1) is 13.5. The Hall–Kier alpha value is -3.14. The maximum atomic E-state index is 4.41. The van der Waals surface area contributed by atoms with Crippen LogP contribution in [0.1, 0.15) is 5.56 Å². The lowest BCUT2D eigenvalue weighted by atomic mass is 10.1. The maximum absolute atomic E-state index is 4.41. The van der Waals surface area contributed by atoms with Crippen LogP contribution in [0.3, 0.4) is 0 Å². The Balaban J connectivity index is 1.61. The van der Waals surface area contributed by atoms with Crippen molar-refractivity contribution >= 4 is 16.9 Å². The number of nitrogens with zero attached hydrogens (tertiary/aromatic N) is 2. The minimum absolute atomic E-state index is 0.757. The van der Waals surface area contributed by atoms with Crippen LogP contribution in [0, 0.1) is 0 Å². The van der Waals surface area contributed by atoms with Gasteiger partial charge in [-0.25, -0.2) is 9.97 Å². The Morgan fingerprint density at radius 3 is 2.74 bits per heavy atom. The molecule has 0 radical (unpaired) electrons. The summed E-state index contributed by atoms with van der Waals surface area (Å²) in [6.45, 7) is 0.757. The van der Waals surface area contributed by atoms with Crippen LogP contribution in [-0.2, 0) is 6.54 Å². The molecule has 0 saturated carbocycles. The van der Waals surface area contributed by atoms with Gasteiger partial charge in [-0.2, -0.15) is 0 Å². The molecular formula is C19H16N4. The fourth-order valence-corrected chi connectivity index (χ4v) is 2.68. The molecule has 4 rings (SSSR count). The van der Waals surface area contributed by atoms with E-state index in [1.54, 1.807) is 6.20 Å². The number of hydrogen-bond donors (Lipinski definition) is 2. The lowest BCUT2D eigenvalue weighted by Crippen LogP contribution is -2.00. The van der Waals surface area contributed by atoms with Gasteiger partial charge in [-0.05, 0) is 35.4 Å². The summed E-state index contributed by atoms with van der Waals surface area (Å²) in [7, 11) is 0. The van der Waals surface area contributed by atoms with E-state index in [2.05, 4.69) is 44.5 Å². The lowest BCUT2D eigenvalue weighted by molar-refractivity contribution is 1.11. The van der Waals surface area contributed by atoms with Crippen LogP contribution < -0.4 is 5.32 Å². The van der Waals surface area contributed by atoms with Crippen molar-refractivity contribution < 1.29 is 0 Å². The van der Waals surface area contributed by atoms with Gasteiger partial charge < -0.3 is 10.3 Å². The summed E-state index contributed by atoms with van der Waals surface area (Å²) in [6.07, 6.45) is 5.62. The van der Waals surface area contributed by atoms with Crippen LogP contribution in [0.4, 0.5) is 5.82 Å². The molecule has 2 N–H and O–H groups in total. The summed E-state index contributed by atoms with van der Waals surface area (Å²) in [5.74, 6) is 0.865. The van der Waals surface area contributed by atoms with Crippen LogP contribution in [-0.4, -0.2) is 15.0 Å². The summed E-state index contributed by atoms with van der Waals surface area (Å²) < 4.78 is 0. The summed E-state index contributed by atoms with van der Waals surface area (Å²) in [4.78, 5) is 12.0. The zero-order valence-corrected chi connectivity index (χ0v) is 12.5. The average Bonchev–Trinajstić information content (AvgIpc) is 3.05. The fraction of sp³-hybridized carbons (Fsp3) is 0.0526. The Morgan fingerprint density at radius 2 is 1.83 bits per heavy atom. The molecule has 4 aromatic rings. The number of aromatic nitrogens is 3. The molecule has 1 aromatic carbocycles. The number of rotatable bonds is 4. The molecule has 0 bridgehead atoms. The zero-order chi connectivity index (χ0) is 15.5. The fourth-order valence-electron chi connectivity index (χ4n) is 2.68. The number of H-pyrrole nitrogens is 1. The number of anilines is 1. The van der Waals surface area contributed by atoms with Crippen molar-refractivity contribution in [3.63, 3.8) is 0 Å². The molecule has 3 heterocycles. The minimum Gasteiger partial charge on any atom is -0.366 e. The predicted octanol–water partition coefficient (Wildman–Crippen LogP) is 4.24. The van der Waals surface area contributed by atoms with Crippen molar-refractivity contribution in [1.82, 2.24) is 15.0 Å².